The van der Waals surface area contributed by atoms with Crippen molar-refractivity contribution < 1.29 is 9.53 Å². The summed E-state index contributed by atoms with van der Waals surface area (Å²) < 4.78 is 4.73. The van der Waals surface area contributed by atoms with Crippen molar-refractivity contribution in [1.29, 1.82) is 0 Å². The van der Waals surface area contributed by atoms with E-state index in [9.17, 15) is 4.79 Å². The highest BCUT2D eigenvalue weighted by Gasteiger charge is 2.24. The van der Waals surface area contributed by atoms with E-state index >= 15 is 0 Å². The molecule has 6 nitrogen and oxygen atoms in total. The van der Waals surface area contributed by atoms with Crippen molar-refractivity contribution in [3.8, 4) is 0 Å². The number of nitrogens with two attached hydrogens (primary N) is 1. The molecule has 0 saturated heterocycles. The van der Waals surface area contributed by atoms with Gasteiger partial charge in [-0.05, 0) is 12.0 Å². The maximum atomic E-state index is 11.6. The van der Waals surface area contributed by atoms with Crippen LogP contribution in [0, 0.1) is 5.92 Å². The Balaban J connectivity index is 3.01. The third kappa shape index (κ3) is 3.36. The molecule has 0 aromatic carbocycles. The molecule has 0 saturated carbocycles. The number of ether oxygens (including phenoxy) is 1. The Labute approximate surface area is 111 Å². The van der Waals surface area contributed by atoms with Gasteiger partial charge in [0.05, 0.1) is 18.9 Å². The predicted octanol–water partition coefficient (Wildman–Crippen LogP) is 0.720. The number of nitrogens with zero attached hydrogens (tertiary/aromatic N) is 2. The lowest BCUT2D eigenvalue weighted by Gasteiger charge is -2.21. The Morgan fingerprint density at radius 1 is 1.56 bits per heavy atom. The second-order valence-electron chi connectivity index (χ2n) is 4.05. The normalized spacial score (nSPS) is 12.0. The fraction of sp³-hybridized carbons (Fsp3) is 0.455. The molecule has 1 unspecified atom stereocenters. The standard InChI is InChI=1S/C11H16N4O2S/c1-6(2)8(11(16)17-3)14-10-7(9(12)18)4-5-13-15-10/h4-6,8H,1-3H3,(H2,12,18)(H,14,15). The topological polar surface area (TPSA) is 90.1 Å². The van der Waals surface area contributed by atoms with Crippen LogP contribution in [0.2, 0.25) is 0 Å². The van der Waals surface area contributed by atoms with E-state index < -0.39 is 6.04 Å². The Kier molecular flexibility index (Phi) is 4.96. The lowest BCUT2D eigenvalue weighted by atomic mass is 10.0. The molecule has 0 aliphatic carbocycles. The molecule has 1 atom stereocenters. The Hall–Kier alpha value is -1.76. The first kappa shape index (κ1) is 14.3. The number of hydrogen-bond acceptors (Lipinski definition) is 6. The second-order valence-corrected chi connectivity index (χ2v) is 4.49. The van der Waals surface area contributed by atoms with Gasteiger partial charge in [0.25, 0.3) is 0 Å². The van der Waals surface area contributed by atoms with Gasteiger partial charge in [0.2, 0.25) is 0 Å². The molecule has 1 aromatic heterocycles. The van der Waals surface area contributed by atoms with Gasteiger partial charge in [-0.25, -0.2) is 4.79 Å². The average molecular weight is 268 g/mol. The van der Waals surface area contributed by atoms with Crippen LogP contribution in [-0.2, 0) is 9.53 Å². The average Bonchev–Trinajstić information content (AvgIpc) is 2.34. The fourth-order valence-corrected chi connectivity index (χ4v) is 1.57. The van der Waals surface area contributed by atoms with Crippen LogP contribution in [0.4, 0.5) is 5.82 Å². The Bertz CT molecular complexity index is 450. The zero-order valence-electron chi connectivity index (χ0n) is 10.5. The number of thiocarbonyl (C=S) groups is 1. The molecule has 1 aromatic rings. The molecule has 0 aliphatic rings. The molecular formula is C11H16N4O2S. The SMILES string of the molecule is COC(=O)C(Nc1nnccc1C(N)=S)C(C)C. The van der Waals surface area contributed by atoms with Gasteiger partial charge in [-0.2, -0.15) is 5.10 Å². The fourth-order valence-electron chi connectivity index (χ4n) is 1.41. The Morgan fingerprint density at radius 2 is 2.22 bits per heavy atom. The summed E-state index contributed by atoms with van der Waals surface area (Å²) in [4.78, 5) is 11.8. The second kappa shape index (κ2) is 6.25. The van der Waals surface area contributed by atoms with Crippen LogP contribution in [0.5, 0.6) is 0 Å². The minimum atomic E-state index is -0.528. The van der Waals surface area contributed by atoms with Crippen molar-refractivity contribution in [2.45, 2.75) is 19.9 Å². The highest BCUT2D eigenvalue weighted by molar-refractivity contribution is 7.80. The molecule has 98 valence electrons. The molecule has 3 N–H and O–H groups in total. The number of nitrogens with one attached hydrogen (secondary N) is 1. The first-order valence-corrected chi connectivity index (χ1v) is 5.84. The minimum Gasteiger partial charge on any atom is -0.467 e. The molecule has 0 amide bonds. The monoisotopic (exact) mass is 268 g/mol. The van der Waals surface area contributed by atoms with Gasteiger partial charge in [-0.3, -0.25) is 0 Å². The van der Waals surface area contributed by atoms with Gasteiger partial charge in [0, 0.05) is 0 Å². The van der Waals surface area contributed by atoms with Gasteiger partial charge in [-0.1, -0.05) is 26.1 Å². The molecular weight excluding hydrogens is 252 g/mol. The van der Waals surface area contributed by atoms with Gasteiger partial charge in [0.15, 0.2) is 5.82 Å². The van der Waals surface area contributed by atoms with Gasteiger partial charge in [-0.15, -0.1) is 5.10 Å². The highest BCUT2D eigenvalue weighted by atomic mass is 32.1. The third-order valence-corrected chi connectivity index (χ3v) is 2.62. The van der Waals surface area contributed by atoms with Gasteiger partial charge in [0.1, 0.15) is 11.0 Å². The van der Waals surface area contributed by atoms with Crippen molar-refractivity contribution in [1.82, 2.24) is 10.2 Å². The minimum absolute atomic E-state index is 0.0265. The summed E-state index contributed by atoms with van der Waals surface area (Å²) in [6.07, 6.45) is 1.49. The number of aromatic nitrogens is 2. The van der Waals surface area contributed by atoms with Crippen LogP contribution in [0.3, 0.4) is 0 Å². The summed E-state index contributed by atoms with van der Waals surface area (Å²) in [6, 6.07) is 1.12. The lowest BCUT2D eigenvalue weighted by Crippen LogP contribution is -2.36. The molecule has 1 rings (SSSR count). The van der Waals surface area contributed by atoms with E-state index in [1.807, 2.05) is 13.8 Å². The van der Waals surface area contributed by atoms with E-state index in [2.05, 4.69) is 15.5 Å². The number of carbonyl (C=O) groups excluding carboxylic acids is 1. The summed E-state index contributed by atoms with van der Waals surface area (Å²) >= 11 is 4.92. The summed E-state index contributed by atoms with van der Waals surface area (Å²) in [7, 11) is 1.34. The number of anilines is 1. The van der Waals surface area contributed by atoms with Crippen molar-refractivity contribution in [2.75, 3.05) is 12.4 Å². The van der Waals surface area contributed by atoms with E-state index in [-0.39, 0.29) is 16.9 Å². The molecule has 0 fully saturated rings. The van der Waals surface area contributed by atoms with Crippen molar-refractivity contribution in [3.63, 3.8) is 0 Å². The van der Waals surface area contributed by atoms with Gasteiger partial charge < -0.3 is 15.8 Å². The zero-order valence-corrected chi connectivity index (χ0v) is 11.3. The van der Waals surface area contributed by atoms with Crippen LogP contribution in [0.15, 0.2) is 12.3 Å². The molecule has 0 radical (unpaired) electrons. The molecule has 1 heterocycles. The number of carbonyl (C=O) groups is 1. The van der Waals surface area contributed by atoms with Crippen LogP contribution in [-0.4, -0.2) is 34.3 Å². The summed E-state index contributed by atoms with van der Waals surface area (Å²) in [5.74, 6) is 0.0392. The number of methoxy groups -OCH3 is 1. The molecule has 0 spiro atoms. The lowest BCUT2D eigenvalue weighted by molar-refractivity contribution is -0.142. The van der Waals surface area contributed by atoms with Crippen LogP contribution in [0.1, 0.15) is 19.4 Å². The molecule has 0 bridgehead atoms. The van der Waals surface area contributed by atoms with E-state index in [0.717, 1.165) is 0 Å². The smallest absolute Gasteiger partial charge is 0.328 e. The zero-order chi connectivity index (χ0) is 13.7. The summed E-state index contributed by atoms with van der Waals surface area (Å²) in [6.45, 7) is 3.79. The molecule has 18 heavy (non-hydrogen) atoms. The summed E-state index contributed by atoms with van der Waals surface area (Å²) in [5, 5.41) is 10.6. The highest BCUT2D eigenvalue weighted by Crippen LogP contribution is 2.15. The van der Waals surface area contributed by atoms with Crippen LogP contribution in [0.25, 0.3) is 0 Å². The number of hydrogen-bond donors (Lipinski definition) is 2. The molecule has 0 aliphatic heterocycles. The largest absolute Gasteiger partial charge is 0.467 e. The quantitative estimate of drug-likeness (QED) is 0.600. The molecule has 7 heteroatoms. The van der Waals surface area contributed by atoms with E-state index in [0.29, 0.717) is 11.4 Å². The van der Waals surface area contributed by atoms with E-state index in [4.69, 9.17) is 22.7 Å². The van der Waals surface area contributed by atoms with E-state index in [1.165, 1.54) is 13.3 Å². The third-order valence-electron chi connectivity index (χ3n) is 2.40. The van der Waals surface area contributed by atoms with E-state index in [1.54, 1.807) is 6.07 Å². The maximum absolute atomic E-state index is 11.6. The maximum Gasteiger partial charge on any atom is 0.328 e. The summed E-state index contributed by atoms with van der Waals surface area (Å²) in [5.41, 5.74) is 6.13. The number of rotatable bonds is 5. The van der Waals surface area contributed by atoms with Crippen LogP contribution < -0.4 is 11.1 Å². The Morgan fingerprint density at radius 3 is 2.72 bits per heavy atom. The first-order chi connectivity index (χ1) is 8.47. The van der Waals surface area contributed by atoms with Crippen molar-refractivity contribution >= 4 is 29.0 Å². The van der Waals surface area contributed by atoms with Crippen molar-refractivity contribution in [3.05, 3.63) is 17.8 Å². The predicted molar refractivity (Wildman–Crippen MR) is 72.2 cm³/mol. The van der Waals surface area contributed by atoms with Gasteiger partial charge >= 0.3 is 5.97 Å². The van der Waals surface area contributed by atoms with Crippen LogP contribution >= 0.6 is 12.2 Å². The first-order valence-electron chi connectivity index (χ1n) is 5.43. The van der Waals surface area contributed by atoms with Crippen molar-refractivity contribution in [2.24, 2.45) is 11.7 Å². The number of esters is 1.